The minimum atomic E-state index is 0.0823. The zero-order chi connectivity index (χ0) is 18.5. The number of piperidine rings is 1. The van der Waals surface area contributed by atoms with Gasteiger partial charge in [-0.15, -0.1) is 0 Å². The van der Waals surface area contributed by atoms with Gasteiger partial charge < -0.3 is 9.26 Å². The number of hydrogen-bond donors (Lipinski definition) is 0. The van der Waals surface area contributed by atoms with Crippen molar-refractivity contribution in [2.75, 3.05) is 20.2 Å². The molecule has 0 amide bonds. The van der Waals surface area contributed by atoms with Gasteiger partial charge in [-0.1, -0.05) is 19.0 Å². The van der Waals surface area contributed by atoms with Crippen LogP contribution in [0.3, 0.4) is 0 Å². The summed E-state index contributed by atoms with van der Waals surface area (Å²) >= 11 is 0. The number of ether oxygens (including phenoxy) is 1. The second-order valence-electron chi connectivity index (χ2n) is 7.35. The molecule has 0 saturated carbocycles. The van der Waals surface area contributed by atoms with E-state index in [1.165, 1.54) is 0 Å². The summed E-state index contributed by atoms with van der Waals surface area (Å²) in [6.45, 7) is 6.68. The van der Waals surface area contributed by atoms with Crippen LogP contribution >= 0.6 is 0 Å². The lowest BCUT2D eigenvalue weighted by Gasteiger charge is -2.30. The van der Waals surface area contributed by atoms with Gasteiger partial charge in [0.15, 0.2) is 11.6 Å². The second kappa shape index (κ2) is 8.45. The van der Waals surface area contributed by atoms with Gasteiger partial charge in [0.1, 0.15) is 5.75 Å². The van der Waals surface area contributed by atoms with E-state index in [9.17, 15) is 4.79 Å². The van der Waals surface area contributed by atoms with Gasteiger partial charge in [-0.2, -0.15) is 4.98 Å². The Kier molecular flexibility index (Phi) is 6.04. The molecule has 0 bridgehead atoms. The first-order chi connectivity index (χ1) is 12.5. The summed E-state index contributed by atoms with van der Waals surface area (Å²) in [5.74, 6) is 3.04. The number of ketones is 1. The van der Waals surface area contributed by atoms with Gasteiger partial charge in [0.25, 0.3) is 0 Å². The van der Waals surface area contributed by atoms with Crippen LogP contribution < -0.4 is 4.74 Å². The fraction of sp³-hybridized carbons (Fsp3) is 0.550. The van der Waals surface area contributed by atoms with Crippen molar-refractivity contribution in [2.24, 2.45) is 11.8 Å². The normalized spacial score (nSPS) is 16.2. The molecule has 1 fully saturated rings. The maximum Gasteiger partial charge on any atom is 0.240 e. The van der Waals surface area contributed by atoms with E-state index in [0.29, 0.717) is 18.4 Å². The zero-order valence-corrected chi connectivity index (χ0v) is 15.8. The molecule has 26 heavy (non-hydrogen) atoms. The van der Waals surface area contributed by atoms with Gasteiger partial charge in [-0.05, 0) is 56.1 Å². The summed E-state index contributed by atoms with van der Waals surface area (Å²) in [6.07, 6.45) is 2.55. The number of aromatic nitrogens is 2. The van der Waals surface area contributed by atoms with Crippen LogP contribution in [0.25, 0.3) is 0 Å². The number of carbonyl (C=O) groups is 1. The van der Waals surface area contributed by atoms with Crippen LogP contribution in [0.5, 0.6) is 5.75 Å². The SMILES string of the molecule is COc1ccc(C(=O)C2CCN(Cc3nc(CC(C)C)no3)CC2)cc1. The topological polar surface area (TPSA) is 68.5 Å². The van der Waals surface area contributed by atoms with Gasteiger partial charge in [-0.25, -0.2) is 0 Å². The van der Waals surface area contributed by atoms with Crippen LogP contribution in [0.2, 0.25) is 0 Å². The van der Waals surface area contributed by atoms with E-state index in [2.05, 4.69) is 28.9 Å². The molecule has 1 aromatic carbocycles. The maximum atomic E-state index is 12.7. The molecule has 6 heteroatoms. The van der Waals surface area contributed by atoms with Crippen molar-refractivity contribution >= 4 is 5.78 Å². The number of carbonyl (C=O) groups excluding carboxylic acids is 1. The summed E-state index contributed by atoms with van der Waals surface area (Å²) in [4.78, 5) is 19.4. The Morgan fingerprint density at radius 2 is 1.96 bits per heavy atom. The second-order valence-corrected chi connectivity index (χ2v) is 7.35. The van der Waals surface area contributed by atoms with Gasteiger partial charge in [0.2, 0.25) is 5.89 Å². The van der Waals surface area contributed by atoms with Crippen LogP contribution in [0.15, 0.2) is 28.8 Å². The number of benzene rings is 1. The number of hydrogen-bond acceptors (Lipinski definition) is 6. The smallest absolute Gasteiger partial charge is 0.240 e. The third-order valence-electron chi connectivity index (χ3n) is 4.79. The molecule has 1 saturated heterocycles. The van der Waals surface area contributed by atoms with Crippen molar-refractivity contribution in [3.63, 3.8) is 0 Å². The summed E-state index contributed by atoms with van der Waals surface area (Å²) in [6, 6.07) is 7.38. The first kappa shape index (κ1) is 18.6. The highest BCUT2D eigenvalue weighted by molar-refractivity contribution is 5.98. The van der Waals surface area contributed by atoms with Gasteiger partial charge >= 0.3 is 0 Å². The van der Waals surface area contributed by atoms with Gasteiger partial charge in [0, 0.05) is 17.9 Å². The molecular formula is C20H27N3O3. The van der Waals surface area contributed by atoms with Crippen molar-refractivity contribution in [2.45, 2.75) is 39.7 Å². The number of likely N-dealkylation sites (tertiary alicyclic amines) is 1. The van der Waals surface area contributed by atoms with Crippen molar-refractivity contribution < 1.29 is 14.1 Å². The standard InChI is InChI=1S/C20H27N3O3/c1-14(2)12-18-21-19(26-22-18)13-23-10-8-16(9-11-23)20(24)15-4-6-17(25-3)7-5-15/h4-7,14,16H,8-13H2,1-3H3. The van der Waals surface area contributed by atoms with E-state index < -0.39 is 0 Å². The van der Waals surface area contributed by atoms with E-state index in [4.69, 9.17) is 9.26 Å². The Balaban J connectivity index is 1.50. The molecule has 1 aliphatic heterocycles. The minimum absolute atomic E-state index is 0.0823. The summed E-state index contributed by atoms with van der Waals surface area (Å²) in [5, 5.41) is 4.04. The predicted molar refractivity (Wildman–Crippen MR) is 98.2 cm³/mol. The zero-order valence-electron chi connectivity index (χ0n) is 15.8. The number of Topliss-reactive ketones (excluding diaryl/α,β-unsaturated/α-hetero) is 1. The molecule has 0 atom stereocenters. The van der Waals surface area contributed by atoms with Crippen LogP contribution in [0.1, 0.15) is 48.8 Å². The highest BCUT2D eigenvalue weighted by Crippen LogP contribution is 2.24. The van der Waals surface area contributed by atoms with Gasteiger partial charge in [0.05, 0.1) is 13.7 Å². The Bertz CT molecular complexity index is 716. The van der Waals surface area contributed by atoms with Crippen LogP contribution in [-0.2, 0) is 13.0 Å². The molecular weight excluding hydrogens is 330 g/mol. The van der Waals surface area contributed by atoms with E-state index in [1.54, 1.807) is 7.11 Å². The number of methoxy groups -OCH3 is 1. The summed E-state index contributed by atoms with van der Waals surface area (Å²) < 4.78 is 10.5. The van der Waals surface area contributed by atoms with Crippen LogP contribution in [0, 0.1) is 11.8 Å². The lowest BCUT2D eigenvalue weighted by Crippen LogP contribution is -2.36. The minimum Gasteiger partial charge on any atom is -0.497 e. The van der Waals surface area contributed by atoms with Crippen molar-refractivity contribution in [1.29, 1.82) is 0 Å². The molecule has 0 aliphatic carbocycles. The molecule has 3 rings (SSSR count). The molecule has 6 nitrogen and oxygen atoms in total. The highest BCUT2D eigenvalue weighted by Gasteiger charge is 2.26. The monoisotopic (exact) mass is 357 g/mol. The van der Waals surface area contributed by atoms with E-state index >= 15 is 0 Å². The lowest BCUT2D eigenvalue weighted by atomic mass is 9.89. The highest BCUT2D eigenvalue weighted by atomic mass is 16.5. The quantitative estimate of drug-likeness (QED) is 0.708. The third-order valence-corrected chi connectivity index (χ3v) is 4.79. The fourth-order valence-electron chi connectivity index (χ4n) is 3.34. The van der Waals surface area contributed by atoms with E-state index in [-0.39, 0.29) is 11.7 Å². The molecule has 1 aliphatic rings. The molecule has 0 spiro atoms. The average molecular weight is 357 g/mol. The van der Waals surface area contributed by atoms with E-state index in [0.717, 1.165) is 49.5 Å². The number of rotatable bonds is 7. The first-order valence-electron chi connectivity index (χ1n) is 9.27. The molecule has 0 unspecified atom stereocenters. The Hall–Kier alpha value is -2.21. The number of nitrogens with zero attached hydrogens (tertiary/aromatic N) is 3. The Morgan fingerprint density at radius 3 is 2.58 bits per heavy atom. The first-order valence-corrected chi connectivity index (χ1v) is 9.27. The molecule has 2 heterocycles. The summed E-state index contributed by atoms with van der Waals surface area (Å²) in [7, 11) is 1.63. The summed E-state index contributed by atoms with van der Waals surface area (Å²) in [5.41, 5.74) is 0.763. The Labute approximate surface area is 154 Å². The lowest BCUT2D eigenvalue weighted by molar-refractivity contribution is 0.0825. The van der Waals surface area contributed by atoms with Crippen LogP contribution in [-0.4, -0.2) is 41.0 Å². The fourth-order valence-corrected chi connectivity index (χ4v) is 3.34. The molecule has 2 aromatic rings. The molecule has 0 N–H and O–H groups in total. The van der Waals surface area contributed by atoms with Crippen LogP contribution in [0.4, 0.5) is 0 Å². The van der Waals surface area contributed by atoms with Crippen molar-refractivity contribution in [3.05, 3.63) is 41.5 Å². The molecule has 1 aromatic heterocycles. The van der Waals surface area contributed by atoms with Crippen molar-refractivity contribution in [3.8, 4) is 5.75 Å². The van der Waals surface area contributed by atoms with Gasteiger partial charge in [-0.3, -0.25) is 9.69 Å². The largest absolute Gasteiger partial charge is 0.497 e. The third kappa shape index (κ3) is 4.69. The average Bonchev–Trinajstić information content (AvgIpc) is 3.08. The van der Waals surface area contributed by atoms with E-state index in [1.807, 2.05) is 24.3 Å². The Morgan fingerprint density at radius 1 is 1.27 bits per heavy atom. The predicted octanol–water partition coefficient (Wildman–Crippen LogP) is 3.37. The maximum absolute atomic E-state index is 12.7. The molecule has 0 radical (unpaired) electrons. The molecule has 140 valence electrons. The van der Waals surface area contributed by atoms with Crippen molar-refractivity contribution in [1.82, 2.24) is 15.0 Å².